The second kappa shape index (κ2) is 3.97. The summed E-state index contributed by atoms with van der Waals surface area (Å²) in [6.07, 6.45) is 7.63. The van der Waals surface area contributed by atoms with E-state index < -0.39 is 0 Å². The molecule has 0 spiro atoms. The van der Waals surface area contributed by atoms with E-state index in [1.807, 2.05) is 0 Å². The van der Waals surface area contributed by atoms with Gasteiger partial charge < -0.3 is 5.32 Å². The summed E-state index contributed by atoms with van der Waals surface area (Å²) in [7, 11) is 0. The average Bonchev–Trinajstić information content (AvgIpc) is 2.90. The highest BCUT2D eigenvalue weighted by molar-refractivity contribution is 5.44. The molecule has 1 saturated carbocycles. The van der Waals surface area contributed by atoms with Gasteiger partial charge in [-0.15, -0.1) is 0 Å². The first-order valence-corrected chi connectivity index (χ1v) is 6.30. The Kier molecular flexibility index (Phi) is 2.47. The number of fused-ring (bicyclic) bond motifs is 2. The minimum atomic E-state index is 0.850. The number of allylic oxidation sites excluding steroid dienone is 2. The van der Waals surface area contributed by atoms with Crippen molar-refractivity contribution in [2.75, 3.05) is 11.9 Å². The van der Waals surface area contributed by atoms with Crippen molar-refractivity contribution in [3.05, 3.63) is 42.0 Å². The molecule has 2 aliphatic rings. The summed E-state index contributed by atoms with van der Waals surface area (Å²) in [4.78, 5) is 0. The maximum absolute atomic E-state index is 3.56. The van der Waals surface area contributed by atoms with Gasteiger partial charge in [0, 0.05) is 12.2 Å². The molecule has 3 rings (SSSR count). The molecule has 16 heavy (non-hydrogen) atoms. The van der Waals surface area contributed by atoms with E-state index in [9.17, 15) is 0 Å². The predicted molar refractivity (Wildman–Crippen MR) is 68.5 cm³/mol. The quantitative estimate of drug-likeness (QED) is 0.756. The van der Waals surface area contributed by atoms with Gasteiger partial charge in [0.2, 0.25) is 0 Å². The maximum atomic E-state index is 3.56. The summed E-state index contributed by atoms with van der Waals surface area (Å²) in [5, 5.41) is 3.56. The van der Waals surface area contributed by atoms with Gasteiger partial charge in [0.1, 0.15) is 0 Å². The van der Waals surface area contributed by atoms with Crippen molar-refractivity contribution in [1.29, 1.82) is 0 Å². The van der Waals surface area contributed by atoms with Crippen LogP contribution in [0.25, 0.3) is 0 Å². The van der Waals surface area contributed by atoms with Crippen molar-refractivity contribution in [3.63, 3.8) is 0 Å². The van der Waals surface area contributed by atoms with Crippen LogP contribution in [-0.2, 0) is 0 Å². The summed E-state index contributed by atoms with van der Waals surface area (Å²) in [6.45, 7) is 3.26. The van der Waals surface area contributed by atoms with Gasteiger partial charge in [-0.25, -0.2) is 0 Å². The largest absolute Gasteiger partial charge is 0.385 e. The molecule has 1 heteroatoms. The van der Waals surface area contributed by atoms with Crippen molar-refractivity contribution in [2.45, 2.75) is 19.8 Å². The Morgan fingerprint density at radius 2 is 1.94 bits per heavy atom. The van der Waals surface area contributed by atoms with E-state index >= 15 is 0 Å². The highest BCUT2D eigenvalue weighted by Gasteiger charge is 2.35. The Morgan fingerprint density at radius 1 is 1.12 bits per heavy atom. The number of rotatable bonds is 3. The van der Waals surface area contributed by atoms with Crippen molar-refractivity contribution in [2.24, 2.45) is 17.8 Å². The van der Waals surface area contributed by atoms with E-state index in [0.717, 1.165) is 24.3 Å². The monoisotopic (exact) mass is 213 g/mol. The summed E-state index contributed by atoms with van der Waals surface area (Å²) in [5.74, 6) is 2.59. The summed E-state index contributed by atoms with van der Waals surface area (Å²) in [5.41, 5.74) is 2.59. The molecule has 1 nitrogen and oxygen atoms in total. The lowest BCUT2D eigenvalue weighted by atomic mass is 9.93. The minimum Gasteiger partial charge on any atom is -0.385 e. The lowest BCUT2D eigenvalue weighted by molar-refractivity contribution is 0.472. The molecule has 3 atom stereocenters. The van der Waals surface area contributed by atoms with E-state index in [2.05, 4.69) is 48.7 Å². The van der Waals surface area contributed by atoms with Crippen LogP contribution in [-0.4, -0.2) is 6.54 Å². The van der Waals surface area contributed by atoms with Crippen LogP contribution in [0.2, 0.25) is 0 Å². The molecular weight excluding hydrogens is 194 g/mol. The SMILES string of the molecule is Cc1ccc(NCC2CC3C=CC2C3)cc1. The standard InChI is InChI=1S/C15H19N/c1-11-2-6-15(7-3-11)16-10-14-9-12-4-5-13(14)8-12/h2-7,12-14,16H,8-10H2,1H3. The smallest absolute Gasteiger partial charge is 0.0340 e. The second-order valence-corrected chi connectivity index (χ2v) is 5.29. The van der Waals surface area contributed by atoms with E-state index in [-0.39, 0.29) is 0 Å². The highest BCUT2D eigenvalue weighted by Crippen LogP contribution is 2.43. The zero-order valence-electron chi connectivity index (χ0n) is 9.82. The lowest BCUT2D eigenvalue weighted by Gasteiger charge is -2.19. The average molecular weight is 213 g/mol. The molecule has 0 heterocycles. The Morgan fingerprint density at radius 3 is 2.56 bits per heavy atom. The molecule has 2 bridgehead atoms. The van der Waals surface area contributed by atoms with Gasteiger partial charge in [0.15, 0.2) is 0 Å². The van der Waals surface area contributed by atoms with Crippen molar-refractivity contribution < 1.29 is 0 Å². The van der Waals surface area contributed by atoms with Crippen molar-refractivity contribution >= 4 is 5.69 Å². The number of anilines is 1. The molecule has 0 saturated heterocycles. The molecule has 1 N–H and O–H groups in total. The van der Waals surface area contributed by atoms with Crippen LogP contribution in [0.3, 0.4) is 0 Å². The maximum Gasteiger partial charge on any atom is 0.0340 e. The van der Waals surface area contributed by atoms with Gasteiger partial charge in [-0.05, 0) is 49.7 Å². The molecule has 0 aliphatic heterocycles. The molecule has 3 unspecified atom stereocenters. The molecule has 1 aromatic carbocycles. The fourth-order valence-corrected chi connectivity index (χ4v) is 3.05. The number of nitrogens with one attached hydrogen (secondary N) is 1. The van der Waals surface area contributed by atoms with Gasteiger partial charge in [0.25, 0.3) is 0 Å². The topological polar surface area (TPSA) is 12.0 Å². The molecule has 0 radical (unpaired) electrons. The molecule has 84 valence electrons. The van der Waals surface area contributed by atoms with E-state index in [0.29, 0.717) is 0 Å². The predicted octanol–water partition coefficient (Wildman–Crippen LogP) is 3.62. The van der Waals surface area contributed by atoms with E-state index in [4.69, 9.17) is 0 Å². The summed E-state index contributed by atoms with van der Waals surface area (Å²) >= 11 is 0. The fourth-order valence-electron chi connectivity index (χ4n) is 3.05. The molecule has 2 aliphatic carbocycles. The van der Waals surface area contributed by atoms with Crippen LogP contribution in [0.4, 0.5) is 5.69 Å². The molecule has 1 aromatic rings. The van der Waals surface area contributed by atoms with E-state index in [1.165, 1.54) is 24.1 Å². The van der Waals surface area contributed by atoms with Gasteiger partial charge in [-0.2, -0.15) is 0 Å². The van der Waals surface area contributed by atoms with Crippen molar-refractivity contribution in [3.8, 4) is 0 Å². The van der Waals surface area contributed by atoms with Crippen LogP contribution in [0, 0.1) is 24.7 Å². The summed E-state index contributed by atoms with van der Waals surface area (Å²) < 4.78 is 0. The second-order valence-electron chi connectivity index (χ2n) is 5.29. The van der Waals surface area contributed by atoms with Gasteiger partial charge >= 0.3 is 0 Å². The van der Waals surface area contributed by atoms with Gasteiger partial charge in [-0.1, -0.05) is 29.8 Å². The first kappa shape index (κ1) is 9.95. The first-order valence-electron chi connectivity index (χ1n) is 6.30. The summed E-state index contributed by atoms with van der Waals surface area (Å²) in [6, 6.07) is 8.70. The van der Waals surface area contributed by atoms with Crippen LogP contribution in [0.1, 0.15) is 18.4 Å². The van der Waals surface area contributed by atoms with Gasteiger partial charge in [-0.3, -0.25) is 0 Å². The van der Waals surface area contributed by atoms with Crippen molar-refractivity contribution in [1.82, 2.24) is 0 Å². The first-order chi connectivity index (χ1) is 7.81. The third-order valence-corrected chi connectivity index (χ3v) is 4.04. The molecule has 0 amide bonds. The fraction of sp³-hybridized carbons (Fsp3) is 0.467. The van der Waals surface area contributed by atoms with Crippen LogP contribution < -0.4 is 5.32 Å². The third kappa shape index (κ3) is 1.87. The zero-order valence-corrected chi connectivity index (χ0v) is 9.82. The van der Waals surface area contributed by atoms with Crippen LogP contribution >= 0.6 is 0 Å². The Bertz CT molecular complexity index is 390. The third-order valence-electron chi connectivity index (χ3n) is 4.04. The zero-order chi connectivity index (χ0) is 11.0. The van der Waals surface area contributed by atoms with Crippen LogP contribution in [0.5, 0.6) is 0 Å². The van der Waals surface area contributed by atoms with Crippen LogP contribution in [0.15, 0.2) is 36.4 Å². The number of aryl methyl sites for hydroxylation is 1. The molecule has 0 aromatic heterocycles. The van der Waals surface area contributed by atoms with Gasteiger partial charge in [0.05, 0.1) is 0 Å². The lowest BCUT2D eigenvalue weighted by Crippen LogP contribution is -2.18. The Labute approximate surface area is 97.6 Å². The number of benzene rings is 1. The van der Waals surface area contributed by atoms with E-state index in [1.54, 1.807) is 0 Å². The normalized spacial score (nSPS) is 30.9. The number of hydrogen-bond acceptors (Lipinski definition) is 1. The molecule has 1 fully saturated rings. The minimum absolute atomic E-state index is 0.850. The Hall–Kier alpha value is -1.24. The molecular formula is C15H19N. The number of hydrogen-bond donors (Lipinski definition) is 1. The highest BCUT2D eigenvalue weighted by atomic mass is 14.9. The Balaban J connectivity index is 1.57.